The van der Waals surface area contributed by atoms with Gasteiger partial charge >= 0.3 is 0 Å². The number of hydrogen-bond acceptors (Lipinski definition) is 4. The zero-order chi connectivity index (χ0) is 16.4. The number of nitrogens with zero attached hydrogens (tertiary/aromatic N) is 2. The molecule has 1 aliphatic rings. The summed E-state index contributed by atoms with van der Waals surface area (Å²) in [7, 11) is 0. The molecule has 0 spiro atoms. The molecular weight excluding hydrogens is 302 g/mol. The van der Waals surface area contributed by atoms with Crippen LogP contribution in [0.3, 0.4) is 0 Å². The van der Waals surface area contributed by atoms with Crippen LogP contribution in [0.4, 0.5) is 11.5 Å². The lowest BCUT2D eigenvalue weighted by Gasteiger charge is -2.28. The number of H-pyrrole nitrogens is 1. The van der Waals surface area contributed by atoms with Crippen molar-refractivity contribution in [3.63, 3.8) is 0 Å². The molecule has 6 heteroatoms. The van der Waals surface area contributed by atoms with Crippen molar-refractivity contribution in [2.24, 2.45) is 0 Å². The van der Waals surface area contributed by atoms with E-state index in [9.17, 15) is 4.79 Å². The lowest BCUT2D eigenvalue weighted by Crippen LogP contribution is -2.43. The van der Waals surface area contributed by atoms with E-state index in [1.807, 2.05) is 42.6 Å². The van der Waals surface area contributed by atoms with Gasteiger partial charge in [0, 0.05) is 43.5 Å². The number of nitrogens with one attached hydrogen (secondary N) is 3. The maximum absolute atomic E-state index is 12.4. The Hall–Kier alpha value is -2.86. The Labute approximate surface area is 139 Å². The third-order valence-electron chi connectivity index (χ3n) is 4.26. The highest BCUT2D eigenvalue weighted by atomic mass is 16.1. The maximum Gasteiger partial charge on any atom is 0.255 e. The van der Waals surface area contributed by atoms with Gasteiger partial charge in [-0.3, -0.25) is 4.79 Å². The van der Waals surface area contributed by atoms with Crippen LogP contribution in [0.25, 0.3) is 10.9 Å². The number of benzene rings is 1. The first-order valence-corrected chi connectivity index (χ1v) is 8.10. The second-order valence-corrected chi connectivity index (χ2v) is 5.88. The van der Waals surface area contributed by atoms with Crippen LogP contribution in [0.2, 0.25) is 0 Å². The van der Waals surface area contributed by atoms with Gasteiger partial charge in [-0.15, -0.1) is 0 Å². The zero-order valence-electron chi connectivity index (χ0n) is 13.2. The summed E-state index contributed by atoms with van der Waals surface area (Å²) in [6, 6.07) is 11.5. The first kappa shape index (κ1) is 14.7. The van der Waals surface area contributed by atoms with Gasteiger partial charge in [0.2, 0.25) is 0 Å². The fourth-order valence-electron chi connectivity index (χ4n) is 2.93. The van der Waals surface area contributed by atoms with Crippen LogP contribution in [-0.4, -0.2) is 42.1 Å². The molecule has 0 saturated carbocycles. The smallest absolute Gasteiger partial charge is 0.255 e. The lowest BCUT2D eigenvalue weighted by atomic mass is 10.1. The van der Waals surface area contributed by atoms with E-state index >= 15 is 0 Å². The highest BCUT2D eigenvalue weighted by Crippen LogP contribution is 2.17. The van der Waals surface area contributed by atoms with Crippen LogP contribution in [-0.2, 0) is 0 Å². The minimum atomic E-state index is -0.136. The molecule has 0 aliphatic carbocycles. The van der Waals surface area contributed by atoms with Gasteiger partial charge in [0.05, 0.1) is 11.9 Å². The summed E-state index contributed by atoms with van der Waals surface area (Å²) < 4.78 is 0. The van der Waals surface area contributed by atoms with E-state index in [0.29, 0.717) is 11.3 Å². The average Bonchev–Trinajstić information content (AvgIpc) is 3.11. The van der Waals surface area contributed by atoms with Crippen LogP contribution in [0.5, 0.6) is 0 Å². The Balaban J connectivity index is 1.46. The van der Waals surface area contributed by atoms with Gasteiger partial charge in [-0.1, -0.05) is 6.07 Å². The van der Waals surface area contributed by atoms with Gasteiger partial charge in [-0.05, 0) is 35.7 Å². The van der Waals surface area contributed by atoms with E-state index in [0.717, 1.165) is 42.9 Å². The molecule has 3 heterocycles. The predicted octanol–water partition coefficient (Wildman–Crippen LogP) is 2.22. The van der Waals surface area contributed by atoms with E-state index in [-0.39, 0.29) is 5.91 Å². The molecule has 1 fully saturated rings. The lowest BCUT2D eigenvalue weighted by molar-refractivity contribution is 0.102. The van der Waals surface area contributed by atoms with Crippen LogP contribution in [0.15, 0.2) is 48.8 Å². The molecule has 0 radical (unpaired) electrons. The van der Waals surface area contributed by atoms with Gasteiger partial charge in [0.15, 0.2) is 0 Å². The Bertz CT molecular complexity index is 849. The third-order valence-corrected chi connectivity index (χ3v) is 4.26. The number of hydrogen-bond donors (Lipinski definition) is 3. The number of amides is 1. The molecule has 0 unspecified atom stereocenters. The zero-order valence-corrected chi connectivity index (χ0v) is 13.2. The normalized spacial score (nSPS) is 14.8. The van der Waals surface area contributed by atoms with Crippen LogP contribution in [0, 0.1) is 0 Å². The quantitative estimate of drug-likeness (QED) is 0.692. The molecule has 0 atom stereocenters. The molecule has 1 aliphatic heterocycles. The Morgan fingerprint density at radius 3 is 2.79 bits per heavy atom. The fraction of sp³-hybridized carbons (Fsp3) is 0.222. The Morgan fingerprint density at radius 2 is 2.00 bits per heavy atom. The summed E-state index contributed by atoms with van der Waals surface area (Å²) in [5, 5.41) is 7.31. The van der Waals surface area contributed by atoms with Gasteiger partial charge in [0.1, 0.15) is 5.82 Å². The third kappa shape index (κ3) is 2.96. The molecule has 4 rings (SSSR count). The minimum Gasteiger partial charge on any atom is -0.361 e. The number of rotatable bonds is 3. The van der Waals surface area contributed by atoms with Gasteiger partial charge in [-0.25, -0.2) is 4.98 Å². The fourth-order valence-corrected chi connectivity index (χ4v) is 2.93. The highest BCUT2D eigenvalue weighted by Gasteiger charge is 2.12. The summed E-state index contributed by atoms with van der Waals surface area (Å²) in [4.78, 5) is 22.2. The van der Waals surface area contributed by atoms with Crippen LogP contribution >= 0.6 is 0 Å². The molecule has 3 aromatic rings. The Kier molecular flexibility index (Phi) is 3.88. The van der Waals surface area contributed by atoms with Crippen LogP contribution in [0.1, 0.15) is 10.4 Å². The van der Waals surface area contributed by atoms with E-state index in [1.165, 1.54) is 0 Å². The molecule has 1 amide bonds. The first-order chi connectivity index (χ1) is 11.8. The van der Waals surface area contributed by atoms with Gasteiger partial charge in [0.25, 0.3) is 5.91 Å². The van der Waals surface area contributed by atoms with Crippen molar-refractivity contribution in [2.75, 3.05) is 36.4 Å². The molecule has 122 valence electrons. The topological polar surface area (TPSA) is 73.1 Å². The standard InChI is InChI=1S/C18H19N5O/c24-18(14-2-1-13-5-6-20-16(13)11-14)22-15-3-4-17(21-12-15)23-9-7-19-8-10-23/h1-6,11-12,19-20H,7-10H2,(H,22,24). The largest absolute Gasteiger partial charge is 0.361 e. The summed E-state index contributed by atoms with van der Waals surface area (Å²) in [6.45, 7) is 3.85. The minimum absolute atomic E-state index is 0.136. The SMILES string of the molecule is O=C(Nc1ccc(N2CCNCC2)nc1)c1ccc2cc[nH]c2c1. The van der Waals surface area contributed by atoms with E-state index in [4.69, 9.17) is 0 Å². The van der Waals surface area contributed by atoms with Crippen molar-refractivity contribution in [3.8, 4) is 0 Å². The van der Waals surface area contributed by atoms with Gasteiger partial charge < -0.3 is 20.5 Å². The predicted molar refractivity (Wildman–Crippen MR) is 95.6 cm³/mol. The van der Waals surface area contributed by atoms with Crippen molar-refractivity contribution in [1.82, 2.24) is 15.3 Å². The highest BCUT2D eigenvalue weighted by molar-refractivity contribution is 6.06. The summed E-state index contributed by atoms with van der Waals surface area (Å²) in [6.07, 6.45) is 3.58. The molecule has 24 heavy (non-hydrogen) atoms. The van der Waals surface area contributed by atoms with Crippen molar-refractivity contribution < 1.29 is 4.79 Å². The number of pyridine rings is 1. The number of carbonyl (C=O) groups is 1. The number of carbonyl (C=O) groups excluding carboxylic acids is 1. The average molecular weight is 321 g/mol. The van der Waals surface area contributed by atoms with Gasteiger partial charge in [-0.2, -0.15) is 0 Å². The van der Waals surface area contributed by atoms with Crippen molar-refractivity contribution in [1.29, 1.82) is 0 Å². The number of aromatic amines is 1. The summed E-state index contributed by atoms with van der Waals surface area (Å²) in [5.41, 5.74) is 2.27. The first-order valence-electron chi connectivity index (χ1n) is 8.10. The summed E-state index contributed by atoms with van der Waals surface area (Å²) >= 11 is 0. The second-order valence-electron chi connectivity index (χ2n) is 5.88. The van der Waals surface area contributed by atoms with E-state index < -0.39 is 0 Å². The molecule has 0 bridgehead atoms. The van der Waals surface area contributed by atoms with Crippen molar-refractivity contribution in [3.05, 3.63) is 54.4 Å². The molecule has 3 N–H and O–H groups in total. The monoisotopic (exact) mass is 321 g/mol. The second kappa shape index (κ2) is 6.33. The summed E-state index contributed by atoms with van der Waals surface area (Å²) in [5.74, 6) is 0.811. The van der Waals surface area contributed by atoms with E-state index in [1.54, 1.807) is 6.20 Å². The van der Waals surface area contributed by atoms with E-state index in [2.05, 4.69) is 25.5 Å². The van der Waals surface area contributed by atoms with Crippen molar-refractivity contribution >= 4 is 28.3 Å². The Morgan fingerprint density at radius 1 is 1.12 bits per heavy atom. The number of fused-ring (bicyclic) bond motifs is 1. The maximum atomic E-state index is 12.4. The molecular formula is C18H19N5O. The number of aromatic nitrogens is 2. The molecule has 2 aromatic heterocycles. The number of anilines is 2. The molecule has 6 nitrogen and oxygen atoms in total. The van der Waals surface area contributed by atoms with Crippen molar-refractivity contribution in [2.45, 2.75) is 0 Å². The number of piperazine rings is 1. The van der Waals surface area contributed by atoms with Crippen LogP contribution < -0.4 is 15.5 Å². The molecule has 1 aromatic carbocycles. The molecule has 1 saturated heterocycles.